The minimum absolute atomic E-state index is 0.154. The second-order valence-electron chi connectivity index (χ2n) is 6.37. The van der Waals surface area contributed by atoms with Crippen molar-refractivity contribution in [1.82, 2.24) is 0 Å². The summed E-state index contributed by atoms with van der Waals surface area (Å²) in [6, 6.07) is 6.25. The van der Waals surface area contributed by atoms with Crippen molar-refractivity contribution in [1.29, 1.82) is 0 Å². The van der Waals surface area contributed by atoms with Crippen LogP contribution in [0.15, 0.2) is 18.2 Å². The third kappa shape index (κ3) is 2.68. The molecule has 2 rings (SSSR count). The Bertz CT molecular complexity index is 458. The molecule has 19 heavy (non-hydrogen) atoms. The van der Waals surface area contributed by atoms with Gasteiger partial charge in [-0.15, -0.1) is 0 Å². The Hall–Kier alpha value is -1.31. The van der Waals surface area contributed by atoms with E-state index in [1.54, 1.807) is 0 Å². The molecule has 1 heterocycles. The molecule has 1 amide bonds. The molecule has 2 atom stereocenters. The molecule has 0 spiro atoms. The molecule has 2 nitrogen and oxygen atoms in total. The summed E-state index contributed by atoms with van der Waals surface area (Å²) in [5.74, 6) is 1.59. The van der Waals surface area contributed by atoms with Crippen molar-refractivity contribution in [3.63, 3.8) is 0 Å². The van der Waals surface area contributed by atoms with Crippen LogP contribution in [0.2, 0.25) is 0 Å². The van der Waals surface area contributed by atoms with Crippen molar-refractivity contribution < 1.29 is 4.79 Å². The highest BCUT2D eigenvalue weighted by molar-refractivity contribution is 5.98. The number of nitrogens with zero attached hydrogens (tertiary/aromatic N) is 1. The number of anilines is 1. The van der Waals surface area contributed by atoms with Gasteiger partial charge in [0.15, 0.2) is 0 Å². The van der Waals surface area contributed by atoms with Gasteiger partial charge in [-0.1, -0.05) is 39.0 Å². The molecule has 0 bridgehead atoms. The second kappa shape index (κ2) is 5.36. The quantitative estimate of drug-likeness (QED) is 0.805. The predicted molar refractivity (Wildman–Crippen MR) is 80.4 cm³/mol. The SMILES string of the molecule is Cc1cccc(C)c1N1C[C@@H](CC(C)C)C(C)C1=O. The van der Waals surface area contributed by atoms with Crippen LogP contribution in [0.4, 0.5) is 5.69 Å². The fourth-order valence-electron chi connectivity index (χ4n) is 3.25. The first kappa shape index (κ1) is 14.1. The number of aryl methyl sites for hydroxylation is 2. The summed E-state index contributed by atoms with van der Waals surface area (Å²) in [5, 5.41) is 0. The minimum atomic E-state index is 0.154. The van der Waals surface area contributed by atoms with Gasteiger partial charge in [-0.3, -0.25) is 4.79 Å². The molecule has 2 heteroatoms. The largest absolute Gasteiger partial charge is 0.311 e. The summed E-state index contributed by atoms with van der Waals surface area (Å²) in [7, 11) is 0. The number of rotatable bonds is 3. The molecule has 104 valence electrons. The van der Waals surface area contributed by atoms with Crippen LogP contribution >= 0.6 is 0 Å². The molecule has 1 aliphatic heterocycles. The number of para-hydroxylation sites is 1. The van der Waals surface area contributed by atoms with Gasteiger partial charge < -0.3 is 4.90 Å². The van der Waals surface area contributed by atoms with Gasteiger partial charge in [0.25, 0.3) is 0 Å². The zero-order valence-electron chi connectivity index (χ0n) is 12.7. The highest BCUT2D eigenvalue weighted by atomic mass is 16.2. The van der Waals surface area contributed by atoms with Crippen LogP contribution in [-0.2, 0) is 4.79 Å². The van der Waals surface area contributed by atoms with Crippen LogP contribution in [0.3, 0.4) is 0 Å². The Kier molecular flexibility index (Phi) is 3.98. The lowest BCUT2D eigenvalue weighted by molar-refractivity contribution is -0.120. The average molecular weight is 259 g/mol. The van der Waals surface area contributed by atoms with E-state index in [1.165, 1.54) is 11.1 Å². The molecule has 1 fully saturated rings. The van der Waals surface area contributed by atoms with Crippen molar-refractivity contribution >= 4 is 11.6 Å². The lowest BCUT2D eigenvalue weighted by atomic mass is 9.89. The average Bonchev–Trinajstić information content (AvgIpc) is 2.57. The summed E-state index contributed by atoms with van der Waals surface area (Å²) in [6.07, 6.45) is 1.13. The zero-order valence-corrected chi connectivity index (χ0v) is 12.7. The van der Waals surface area contributed by atoms with E-state index in [0.29, 0.717) is 17.7 Å². The van der Waals surface area contributed by atoms with E-state index in [2.05, 4.69) is 52.8 Å². The van der Waals surface area contributed by atoms with E-state index in [4.69, 9.17) is 0 Å². The number of hydrogen-bond donors (Lipinski definition) is 0. The molecule has 0 aromatic heterocycles. The first-order chi connectivity index (χ1) is 8.91. The van der Waals surface area contributed by atoms with Gasteiger partial charge in [0.2, 0.25) is 5.91 Å². The normalized spacial score (nSPS) is 23.5. The number of carbonyl (C=O) groups is 1. The van der Waals surface area contributed by atoms with Crippen molar-refractivity contribution in [2.75, 3.05) is 11.4 Å². The molecule has 0 aliphatic carbocycles. The molecule has 1 saturated heterocycles. The van der Waals surface area contributed by atoms with Gasteiger partial charge >= 0.3 is 0 Å². The zero-order chi connectivity index (χ0) is 14.2. The maximum absolute atomic E-state index is 12.5. The lowest BCUT2D eigenvalue weighted by Crippen LogP contribution is -2.27. The van der Waals surface area contributed by atoms with Gasteiger partial charge in [0.05, 0.1) is 0 Å². The molecule has 1 aliphatic rings. The Balaban J connectivity index is 2.29. The molecule has 1 aromatic carbocycles. The first-order valence-corrected chi connectivity index (χ1v) is 7.29. The lowest BCUT2D eigenvalue weighted by Gasteiger charge is -2.21. The molecular formula is C17H25NO. The summed E-state index contributed by atoms with van der Waals surface area (Å²) >= 11 is 0. The van der Waals surface area contributed by atoms with Crippen LogP contribution in [0.1, 0.15) is 38.3 Å². The first-order valence-electron chi connectivity index (χ1n) is 7.29. The van der Waals surface area contributed by atoms with Gasteiger partial charge in [0.1, 0.15) is 0 Å². The monoisotopic (exact) mass is 259 g/mol. The second-order valence-corrected chi connectivity index (χ2v) is 6.37. The maximum Gasteiger partial charge on any atom is 0.230 e. The maximum atomic E-state index is 12.5. The number of amides is 1. The summed E-state index contributed by atoms with van der Waals surface area (Å²) in [6.45, 7) is 11.6. The van der Waals surface area contributed by atoms with Crippen LogP contribution in [0.25, 0.3) is 0 Å². The third-order valence-corrected chi connectivity index (χ3v) is 4.26. The molecule has 0 N–H and O–H groups in total. The van der Waals surface area contributed by atoms with E-state index < -0.39 is 0 Å². The van der Waals surface area contributed by atoms with E-state index in [1.807, 2.05) is 4.90 Å². The fourth-order valence-corrected chi connectivity index (χ4v) is 3.25. The van der Waals surface area contributed by atoms with Crippen molar-refractivity contribution in [2.24, 2.45) is 17.8 Å². The number of benzene rings is 1. The number of hydrogen-bond acceptors (Lipinski definition) is 1. The third-order valence-electron chi connectivity index (χ3n) is 4.26. The number of carbonyl (C=O) groups excluding carboxylic acids is 1. The standard InChI is InChI=1S/C17H25NO/c1-11(2)9-15-10-18(17(19)14(15)5)16-12(3)7-6-8-13(16)4/h6-8,11,14-15H,9-10H2,1-5H3/t14?,15-/m1/s1. The molecule has 1 aromatic rings. The Labute approximate surface area is 116 Å². The van der Waals surface area contributed by atoms with Crippen LogP contribution in [0, 0.1) is 31.6 Å². The van der Waals surface area contributed by atoms with Crippen molar-refractivity contribution in [2.45, 2.75) is 41.0 Å². The predicted octanol–water partition coefficient (Wildman–Crippen LogP) is 3.95. The Morgan fingerprint density at radius 3 is 2.37 bits per heavy atom. The van der Waals surface area contributed by atoms with Gasteiger partial charge in [-0.25, -0.2) is 0 Å². The Morgan fingerprint density at radius 2 is 1.84 bits per heavy atom. The highest BCUT2D eigenvalue weighted by Gasteiger charge is 2.38. The molecule has 0 saturated carbocycles. The van der Waals surface area contributed by atoms with E-state index in [9.17, 15) is 4.79 Å². The van der Waals surface area contributed by atoms with Crippen LogP contribution in [0.5, 0.6) is 0 Å². The van der Waals surface area contributed by atoms with Gasteiger partial charge in [-0.05, 0) is 43.2 Å². The van der Waals surface area contributed by atoms with Crippen LogP contribution in [-0.4, -0.2) is 12.5 Å². The van der Waals surface area contributed by atoms with Crippen LogP contribution < -0.4 is 4.90 Å². The summed E-state index contributed by atoms with van der Waals surface area (Å²) < 4.78 is 0. The van der Waals surface area contributed by atoms with E-state index >= 15 is 0 Å². The molecule has 1 unspecified atom stereocenters. The summed E-state index contributed by atoms with van der Waals surface area (Å²) in [5.41, 5.74) is 3.53. The molecule has 0 radical (unpaired) electrons. The van der Waals surface area contributed by atoms with E-state index in [-0.39, 0.29) is 5.92 Å². The molecular weight excluding hydrogens is 234 g/mol. The topological polar surface area (TPSA) is 20.3 Å². The Morgan fingerprint density at radius 1 is 1.26 bits per heavy atom. The van der Waals surface area contributed by atoms with Gasteiger partial charge in [0, 0.05) is 18.2 Å². The fraction of sp³-hybridized carbons (Fsp3) is 0.588. The summed E-state index contributed by atoms with van der Waals surface area (Å²) in [4.78, 5) is 14.5. The minimum Gasteiger partial charge on any atom is -0.311 e. The van der Waals surface area contributed by atoms with Crippen molar-refractivity contribution in [3.8, 4) is 0 Å². The highest BCUT2D eigenvalue weighted by Crippen LogP contribution is 2.36. The van der Waals surface area contributed by atoms with Crippen molar-refractivity contribution in [3.05, 3.63) is 29.3 Å². The van der Waals surface area contributed by atoms with Gasteiger partial charge in [-0.2, -0.15) is 0 Å². The smallest absolute Gasteiger partial charge is 0.230 e. The van der Waals surface area contributed by atoms with E-state index in [0.717, 1.165) is 18.7 Å².